The topological polar surface area (TPSA) is 8.81 Å². The highest BCUT2D eigenvalue weighted by atomic mass is 15.1. The molecule has 162 valence electrons. The first-order valence-corrected chi connectivity index (χ1v) is 12.5. The van der Waals surface area contributed by atoms with Crippen LogP contribution in [0.5, 0.6) is 0 Å². The van der Waals surface area contributed by atoms with Crippen molar-refractivity contribution in [3.05, 3.63) is 48.5 Å². The number of nitrogens with zero attached hydrogens (tertiary/aromatic N) is 2. The van der Waals surface area contributed by atoms with Gasteiger partial charge in [-0.2, -0.15) is 4.57 Å². The van der Waals surface area contributed by atoms with E-state index in [-0.39, 0.29) is 0 Å². The molecule has 0 fully saturated rings. The highest BCUT2D eigenvalue weighted by Crippen LogP contribution is 2.15. The molecule has 0 saturated heterocycles. The van der Waals surface area contributed by atoms with E-state index in [9.17, 15) is 0 Å². The van der Waals surface area contributed by atoms with Gasteiger partial charge in [0.1, 0.15) is 18.1 Å². The van der Waals surface area contributed by atoms with Gasteiger partial charge in [0.2, 0.25) is 0 Å². The van der Waals surface area contributed by atoms with Crippen LogP contribution in [0, 0.1) is 0 Å². The lowest BCUT2D eigenvalue weighted by atomic mass is 10.0. The van der Waals surface area contributed by atoms with Gasteiger partial charge in [-0.1, -0.05) is 109 Å². The van der Waals surface area contributed by atoms with Crippen molar-refractivity contribution in [2.24, 2.45) is 0 Å². The Morgan fingerprint density at radius 2 is 1.17 bits per heavy atom. The molecule has 2 nitrogen and oxygen atoms in total. The third kappa shape index (κ3) is 9.19. The Morgan fingerprint density at radius 3 is 1.69 bits per heavy atom. The predicted octanol–water partition coefficient (Wildman–Crippen LogP) is 7.81. The second kappa shape index (κ2) is 15.3. The van der Waals surface area contributed by atoms with Crippen molar-refractivity contribution in [3.8, 4) is 5.69 Å². The number of hydrogen-bond donors (Lipinski definition) is 0. The van der Waals surface area contributed by atoms with Crippen LogP contribution in [0.3, 0.4) is 0 Å². The molecule has 0 amide bonds. The summed E-state index contributed by atoms with van der Waals surface area (Å²) in [5, 5.41) is 0. The Morgan fingerprint density at radius 1 is 0.655 bits per heavy atom. The number of aromatic nitrogens is 2. The smallest absolute Gasteiger partial charge is 0.234 e. The van der Waals surface area contributed by atoms with Crippen molar-refractivity contribution < 1.29 is 4.57 Å². The lowest BCUT2D eigenvalue weighted by Gasteiger charge is -2.05. The largest absolute Gasteiger partial charge is 0.261 e. The fourth-order valence-corrected chi connectivity index (χ4v) is 4.31. The molecule has 0 N–H and O–H groups in total. The average Bonchev–Trinajstić information content (AvgIpc) is 3.17. The Balaban J connectivity index is 1.53. The van der Waals surface area contributed by atoms with Crippen molar-refractivity contribution in [1.29, 1.82) is 0 Å². The maximum absolute atomic E-state index is 2.40. The summed E-state index contributed by atoms with van der Waals surface area (Å²) >= 11 is 0. The Bertz CT molecular complexity index is 629. The summed E-state index contributed by atoms with van der Waals surface area (Å²) in [5.41, 5.74) is 1.28. The van der Waals surface area contributed by atoms with Crippen molar-refractivity contribution in [1.82, 2.24) is 4.57 Å². The molecule has 0 radical (unpaired) electrons. The predicted molar refractivity (Wildman–Crippen MR) is 126 cm³/mol. The monoisotopic (exact) mass is 397 g/mol. The molecule has 0 saturated carbocycles. The van der Waals surface area contributed by atoms with Crippen LogP contribution in [0.4, 0.5) is 0 Å². The number of rotatable bonds is 17. The van der Waals surface area contributed by atoms with E-state index in [1.807, 2.05) is 0 Å². The van der Waals surface area contributed by atoms with Crippen molar-refractivity contribution in [3.63, 3.8) is 0 Å². The summed E-state index contributed by atoms with van der Waals surface area (Å²) in [6.07, 6.45) is 25.5. The molecule has 29 heavy (non-hydrogen) atoms. The molecule has 0 aliphatic carbocycles. The fraction of sp³-hybridized carbons (Fsp3) is 0.667. The molecule has 0 spiro atoms. The van der Waals surface area contributed by atoms with Gasteiger partial charge in [-0.25, -0.2) is 4.57 Å². The minimum absolute atomic E-state index is 1.05. The molecule has 0 aliphatic rings. The molecule has 0 aliphatic heterocycles. The zero-order valence-corrected chi connectivity index (χ0v) is 19.2. The number of aryl methyl sites for hydroxylation is 1. The number of hydrogen-bond acceptors (Lipinski definition) is 0. The molecular weight excluding hydrogens is 352 g/mol. The second-order valence-corrected chi connectivity index (χ2v) is 8.55. The highest BCUT2D eigenvalue weighted by molar-refractivity contribution is 5.31. The van der Waals surface area contributed by atoms with E-state index < -0.39 is 0 Å². The third-order valence-corrected chi connectivity index (χ3v) is 6.13. The minimum atomic E-state index is 1.05. The summed E-state index contributed by atoms with van der Waals surface area (Å²) in [5.74, 6) is 1.44. The van der Waals surface area contributed by atoms with E-state index in [0.717, 1.165) is 6.54 Å². The fourth-order valence-electron chi connectivity index (χ4n) is 4.31. The van der Waals surface area contributed by atoms with Gasteiger partial charge < -0.3 is 0 Å². The van der Waals surface area contributed by atoms with Gasteiger partial charge in [-0.3, -0.25) is 0 Å². The summed E-state index contributed by atoms with van der Waals surface area (Å²) < 4.78 is 4.76. The van der Waals surface area contributed by atoms with Gasteiger partial charge in [0.05, 0.1) is 6.54 Å². The van der Waals surface area contributed by atoms with E-state index in [1.165, 1.54) is 108 Å². The molecule has 0 atom stereocenters. The minimum Gasteiger partial charge on any atom is -0.234 e. The van der Waals surface area contributed by atoms with E-state index in [4.69, 9.17) is 0 Å². The number of benzene rings is 1. The average molecular weight is 398 g/mol. The van der Waals surface area contributed by atoms with Crippen LogP contribution >= 0.6 is 0 Å². The number of imidazole rings is 1. The van der Waals surface area contributed by atoms with Crippen LogP contribution in [0.2, 0.25) is 0 Å². The Hall–Kier alpha value is -1.57. The maximum Gasteiger partial charge on any atom is 0.261 e. The van der Waals surface area contributed by atoms with Gasteiger partial charge in [0.25, 0.3) is 5.82 Å². The van der Waals surface area contributed by atoms with Crippen LogP contribution in [-0.4, -0.2) is 4.57 Å². The van der Waals surface area contributed by atoms with Crippen LogP contribution in [0.25, 0.3) is 5.69 Å². The first kappa shape index (κ1) is 23.7. The quantitative estimate of drug-likeness (QED) is 0.190. The molecule has 1 aromatic heterocycles. The first-order valence-electron chi connectivity index (χ1n) is 12.5. The standard InChI is InChI=1S/C27H45N2/c1-3-5-6-7-8-9-10-11-12-13-14-15-16-20-23-27-28(4-2)24-25-29(27)26-21-18-17-19-22-26/h17-19,21-22,24-25H,3-16,20,23H2,1-2H3/q+1. The van der Waals surface area contributed by atoms with E-state index >= 15 is 0 Å². The Kier molecular flexibility index (Phi) is 12.5. The van der Waals surface area contributed by atoms with Crippen LogP contribution in [-0.2, 0) is 13.0 Å². The summed E-state index contributed by atoms with van der Waals surface area (Å²) in [6.45, 7) is 5.59. The normalized spacial score (nSPS) is 11.2. The van der Waals surface area contributed by atoms with Gasteiger partial charge >= 0.3 is 0 Å². The SMILES string of the molecule is CCCCCCCCCCCCCCCCc1n(-c2ccccc2)cc[n+]1CC. The molecule has 0 bridgehead atoms. The van der Waals surface area contributed by atoms with Crippen molar-refractivity contribution in [2.45, 2.75) is 117 Å². The zero-order valence-electron chi connectivity index (χ0n) is 19.2. The molecule has 0 unspecified atom stereocenters. The van der Waals surface area contributed by atoms with Gasteiger partial charge in [0, 0.05) is 6.42 Å². The van der Waals surface area contributed by atoms with Crippen LogP contribution in [0.1, 0.15) is 110 Å². The van der Waals surface area contributed by atoms with E-state index in [0.29, 0.717) is 0 Å². The lowest BCUT2D eigenvalue weighted by Crippen LogP contribution is -2.35. The molecule has 2 rings (SSSR count). The Labute approximate surface area is 180 Å². The highest BCUT2D eigenvalue weighted by Gasteiger charge is 2.16. The number of para-hydroxylation sites is 1. The maximum atomic E-state index is 2.40. The third-order valence-electron chi connectivity index (χ3n) is 6.13. The molecule has 2 heteroatoms. The van der Waals surface area contributed by atoms with E-state index in [1.54, 1.807) is 0 Å². The van der Waals surface area contributed by atoms with Gasteiger partial charge in [0.15, 0.2) is 0 Å². The molecule has 1 heterocycles. The molecular formula is C27H45N2+. The van der Waals surface area contributed by atoms with Crippen molar-refractivity contribution in [2.75, 3.05) is 0 Å². The zero-order chi connectivity index (χ0) is 20.6. The van der Waals surface area contributed by atoms with E-state index in [2.05, 4.69) is 65.7 Å². The van der Waals surface area contributed by atoms with Gasteiger partial charge in [-0.15, -0.1) is 0 Å². The first-order chi connectivity index (χ1) is 14.4. The van der Waals surface area contributed by atoms with Crippen LogP contribution in [0.15, 0.2) is 42.7 Å². The summed E-state index contributed by atoms with van der Waals surface area (Å²) in [6, 6.07) is 10.8. The van der Waals surface area contributed by atoms with Crippen molar-refractivity contribution >= 4 is 0 Å². The molecule has 2 aromatic rings. The summed E-state index contributed by atoms with van der Waals surface area (Å²) in [7, 11) is 0. The second-order valence-electron chi connectivity index (χ2n) is 8.55. The van der Waals surface area contributed by atoms with Crippen LogP contribution < -0.4 is 4.57 Å². The van der Waals surface area contributed by atoms with Gasteiger partial charge in [-0.05, 0) is 25.5 Å². The molecule has 1 aromatic carbocycles. The summed E-state index contributed by atoms with van der Waals surface area (Å²) in [4.78, 5) is 0. The number of unbranched alkanes of at least 4 members (excludes halogenated alkanes) is 13. The lowest BCUT2D eigenvalue weighted by molar-refractivity contribution is -0.700.